The molecule has 4 heterocycles. The molecule has 1 fully saturated rings. The molecule has 2 aliphatic rings. The monoisotopic (exact) mass is 419 g/mol. The van der Waals surface area contributed by atoms with Crippen LogP contribution in [0.1, 0.15) is 46.4 Å². The number of aliphatic imine (C=N–C) groups is 1. The maximum absolute atomic E-state index is 11.2. The van der Waals surface area contributed by atoms with Crippen LogP contribution in [0, 0.1) is 6.92 Å². The van der Waals surface area contributed by atoms with Gasteiger partial charge in [0.15, 0.2) is 5.17 Å². The van der Waals surface area contributed by atoms with E-state index < -0.39 is 5.97 Å². The lowest BCUT2D eigenvalue weighted by Crippen LogP contribution is -2.28. The van der Waals surface area contributed by atoms with E-state index in [1.54, 1.807) is 30.1 Å². The minimum absolute atomic E-state index is 0.0419. The van der Waals surface area contributed by atoms with Crippen LogP contribution >= 0.6 is 11.8 Å². The van der Waals surface area contributed by atoms with E-state index in [9.17, 15) is 9.90 Å². The van der Waals surface area contributed by atoms with Crippen LogP contribution in [0.2, 0.25) is 0 Å². The topological polar surface area (TPSA) is 78.9 Å². The fourth-order valence-electron chi connectivity index (χ4n) is 4.15. The first kappa shape index (κ1) is 18.9. The van der Waals surface area contributed by atoms with Crippen molar-refractivity contribution in [3.8, 4) is 11.3 Å². The minimum atomic E-state index is -0.931. The number of fused-ring (bicyclic) bond motifs is 1. The van der Waals surface area contributed by atoms with Crippen LogP contribution in [-0.2, 0) is 0 Å². The second kappa shape index (κ2) is 7.32. The summed E-state index contributed by atoms with van der Waals surface area (Å²) in [6.45, 7) is 5.02. The molecule has 1 aromatic carbocycles. The van der Waals surface area contributed by atoms with E-state index in [2.05, 4.69) is 16.8 Å². The number of amidine groups is 1. The number of nitrogens with zero attached hydrogens (tertiary/aromatic N) is 3. The Bertz CT molecular complexity index is 1140. The lowest BCUT2D eigenvalue weighted by Gasteiger charge is -2.25. The van der Waals surface area contributed by atoms with Crippen molar-refractivity contribution in [3.63, 3.8) is 0 Å². The van der Waals surface area contributed by atoms with Crippen molar-refractivity contribution < 1.29 is 14.3 Å². The van der Waals surface area contributed by atoms with Gasteiger partial charge in [-0.1, -0.05) is 30.8 Å². The number of furan rings is 1. The summed E-state index contributed by atoms with van der Waals surface area (Å²) in [6.07, 6.45) is 1.80. The van der Waals surface area contributed by atoms with Crippen molar-refractivity contribution in [2.45, 2.75) is 31.2 Å². The molecule has 1 saturated heterocycles. The molecule has 30 heavy (non-hydrogen) atoms. The predicted octanol–water partition coefficient (Wildman–Crippen LogP) is 4.94. The van der Waals surface area contributed by atoms with Gasteiger partial charge in [-0.2, -0.15) is 0 Å². The molecule has 152 valence electrons. The molecule has 6 nitrogen and oxygen atoms in total. The number of carboxylic acid groups (broad SMARTS) is 1. The van der Waals surface area contributed by atoms with Gasteiger partial charge in [0.25, 0.3) is 0 Å². The van der Waals surface area contributed by atoms with Crippen LogP contribution in [0.25, 0.3) is 11.3 Å². The summed E-state index contributed by atoms with van der Waals surface area (Å²) >= 11 is 1.79. The highest BCUT2D eigenvalue weighted by molar-refractivity contribution is 8.14. The van der Waals surface area contributed by atoms with Gasteiger partial charge < -0.3 is 14.4 Å². The first-order valence-corrected chi connectivity index (χ1v) is 10.8. The van der Waals surface area contributed by atoms with Gasteiger partial charge in [0, 0.05) is 23.6 Å². The van der Waals surface area contributed by atoms with E-state index in [0.29, 0.717) is 5.25 Å². The number of carboxylic acids is 1. The molecule has 0 radical (unpaired) electrons. The van der Waals surface area contributed by atoms with E-state index in [1.165, 1.54) is 0 Å². The SMILES string of the molecule is Cc1cc(C(=O)O)ccc1-c1ccc([C@@H]2[C@@H](c3ccccn3)N=C3S[C@H](C)CN32)o1. The van der Waals surface area contributed by atoms with Crippen molar-refractivity contribution in [3.05, 3.63) is 77.3 Å². The molecule has 3 aromatic rings. The summed E-state index contributed by atoms with van der Waals surface area (Å²) in [5, 5.41) is 10.7. The third-order valence-electron chi connectivity index (χ3n) is 5.54. The van der Waals surface area contributed by atoms with Crippen LogP contribution in [0.5, 0.6) is 0 Å². The summed E-state index contributed by atoms with van der Waals surface area (Å²) < 4.78 is 6.33. The summed E-state index contributed by atoms with van der Waals surface area (Å²) in [5.74, 6) is 0.641. The Morgan fingerprint density at radius 3 is 2.83 bits per heavy atom. The van der Waals surface area contributed by atoms with Crippen molar-refractivity contribution in [2.24, 2.45) is 4.99 Å². The maximum atomic E-state index is 11.2. The molecule has 7 heteroatoms. The van der Waals surface area contributed by atoms with E-state index in [-0.39, 0.29) is 17.6 Å². The number of rotatable bonds is 4. The summed E-state index contributed by atoms with van der Waals surface area (Å²) in [5.41, 5.74) is 2.96. The first-order chi connectivity index (χ1) is 14.5. The third-order valence-corrected chi connectivity index (χ3v) is 6.64. The van der Waals surface area contributed by atoms with Crippen LogP contribution < -0.4 is 0 Å². The zero-order valence-corrected chi connectivity index (χ0v) is 17.5. The largest absolute Gasteiger partial charge is 0.478 e. The minimum Gasteiger partial charge on any atom is -0.478 e. The van der Waals surface area contributed by atoms with Crippen LogP contribution in [0.15, 0.2) is 64.1 Å². The number of hydrogen-bond donors (Lipinski definition) is 1. The zero-order valence-electron chi connectivity index (χ0n) is 16.6. The van der Waals surface area contributed by atoms with Gasteiger partial charge in [0.1, 0.15) is 23.6 Å². The molecule has 2 aromatic heterocycles. The summed E-state index contributed by atoms with van der Waals surface area (Å²) in [6, 6.07) is 14.8. The highest BCUT2D eigenvalue weighted by Gasteiger charge is 2.45. The normalized spacial score (nSPS) is 22.8. The molecular formula is C23H21N3O3S. The number of pyridine rings is 1. The molecule has 5 rings (SSSR count). The maximum Gasteiger partial charge on any atom is 0.335 e. The average molecular weight is 420 g/mol. The number of hydrogen-bond acceptors (Lipinski definition) is 6. The zero-order chi connectivity index (χ0) is 20.8. The van der Waals surface area contributed by atoms with Gasteiger partial charge in [0.05, 0.1) is 11.3 Å². The molecule has 0 bridgehead atoms. The molecule has 3 atom stereocenters. The summed E-state index contributed by atoms with van der Waals surface area (Å²) in [7, 11) is 0. The van der Waals surface area contributed by atoms with Crippen LogP contribution in [-0.4, -0.2) is 37.9 Å². The predicted molar refractivity (Wildman–Crippen MR) is 117 cm³/mol. The molecule has 0 saturated carbocycles. The van der Waals surface area contributed by atoms with Crippen molar-refractivity contribution in [1.29, 1.82) is 0 Å². The Kier molecular flexibility index (Phi) is 4.62. The number of aryl methyl sites for hydroxylation is 1. The van der Waals surface area contributed by atoms with Gasteiger partial charge in [-0.25, -0.2) is 9.79 Å². The van der Waals surface area contributed by atoms with Gasteiger partial charge in [0.2, 0.25) is 0 Å². The number of carbonyl (C=O) groups is 1. The van der Waals surface area contributed by atoms with Crippen LogP contribution in [0.3, 0.4) is 0 Å². The number of benzene rings is 1. The average Bonchev–Trinajstić information content (AvgIpc) is 3.42. The highest BCUT2D eigenvalue weighted by Crippen LogP contribution is 2.48. The Morgan fingerprint density at radius 1 is 1.23 bits per heavy atom. The third kappa shape index (κ3) is 3.19. The molecule has 0 aliphatic carbocycles. The molecule has 2 aliphatic heterocycles. The van der Waals surface area contributed by atoms with Gasteiger partial charge >= 0.3 is 5.97 Å². The van der Waals surface area contributed by atoms with Crippen LogP contribution in [0.4, 0.5) is 0 Å². The van der Waals surface area contributed by atoms with E-state index >= 15 is 0 Å². The van der Waals surface area contributed by atoms with Gasteiger partial charge in [-0.05, 0) is 48.9 Å². The van der Waals surface area contributed by atoms with E-state index in [1.807, 2.05) is 43.3 Å². The van der Waals surface area contributed by atoms with E-state index in [0.717, 1.165) is 40.1 Å². The van der Waals surface area contributed by atoms with E-state index in [4.69, 9.17) is 9.41 Å². The summed E-state index contributed by atoms with van der Waals surface area (Å²) in [4.78, 5) is 23.1. The van der Waals surface area contributed by atoms with Gasteiger partial charge in [-0.15, -0.1) is 0 Å². The van der Waals surface area contributed by atoms with Crippen molar-refractivity contribution >= 4 is 22.9 Å². The highest BCUT2D eigenvalue weighted by atomic mass is 32.2. The van der Waals surface area contributed by atoms with Crippen molar-refractivity contribution in [1.82, 2.24) is 9.88 Å². The first-order valence-electron chi connectivity index (χ1n) is 9.87. The number of aromatic nitrogens is 1. The molecular weight excluding hydrogens is 398 g/mol. The second-order valence-electron chi connectivity index (χ2n) is 7.67. The Hall–Kier alpha value is -3.06. The van der Waals surface area contributed by atoms with Gasteiger partial charge in [-0.3, -0.25) is 4.98 Å². The molecule has 1 N–H and O–H groups in total. The Balaban J connectivity index is 1.52. The number of thioether (sulfide) groups is 1. The fraction of sp³-hybridized carbons (Fsp3) is 0.261. The molecule has 0 spiro atoms. The lowest BCUT2D eigenvalue weighted by molar-refractivity contribution is 0.0697. The standard InChI is InChI=1S/C23H21N3O3S/c1-13-11-15(22(27)28)6-7-16(13)18-8-9-19(29-18)21-20(17-5-3-4-10-24-17)25-23-26(21)12-14(2)30-23/h3-11,14,20-21H,12H2,1-2H3,(H,27,28)/t14-,20-,21-/m1/s1. The van der Waals surface area contributed by atoms with Crippen molar-refractivity contribution in [2.75, 3.05) is 6.54 Å². The Morgan fingerprint density at radius 2 is 2.10 bits per heavy atom. The lowest BCUT2D eigenvalue weighted by atomic mass is 10.0. The molecule has 0 unspecified atom stereocenters. The number of aromatic carboxylic acids is 1. The Labute approximate surface area is 178 Å². The smallest absolute Gasteiger partial charge is 0.335 e. The molecule has 0 amide bonds. The second-order valence-corrected chi connectivity index (χ2v) is 9.08. The quantitative estimate of drug-likeness (QED) is 0.645. The fourth-order valence-corrected chi connectivity index (χ4v) is 5.25.